The maximum absolute atomic E-state index is 12.2. The van der Waals surface area contributed by atoms with Crippen molar-refractivity contribution >= 4 is 15.7 Å². The molecule has 1 atom stereocenters. The van der Waals surface area contributed by atoms with Gasteiger partial charge in [-0.15, -0.1) is 0 Å². The Labute approximate surface area is 155 Å². The van der Waals surface area contributed by atoms with Crippen LogP contribution >= 0.6 is 0 Å². The zero-order valence-corrected chi connectivity index (χ0v) is 16.0. The van der Waals surface area contributed by atoms with E-state index in [1.807, 2.05) is 0 Å². The molecule has 0 spiro atoms. The second kappa shape index (κ2) is 7.31. The lowest BCUT2D eigenvalue weighted by Gasteiger charge is -2.36. The van der Waals surface area contributed by atoms with Crippen molar-refractivity contribution in [1.82, 2.24) is 20.0 Å². The third-order valence-corrected chi connectivity index (χ3v) is 7.78. The molecule has 2 fully saturated rings. The Morgan fingerprint density at radius 1 is 1.19 bits per heavy atom. The molecule has 1 aromatic rings. The van der Waals surface area contributed by atoms with E-state index in [1.165, 1.54) is 37.8 Å². The highest BCUT2D eigenvalue weighted by Crippen LogP contribution is 2.26. The molecule has 26 heavy (non-hydrogen) atoms. The van der Waals surface area contributed by atoms with Crippen LogP contribution < -0.4 is 5.32 Å². The van der Waals surface area contributed by atoms with Gasteiger partial charge < -0.3 is 5.32 Å². The summed E-state index contributed by atoms with van der Waals surface area (Å²) in [5.41, 5.74) is 2.08. The van der Waals surface area contributed by atoms with Crippen molar-refractivity contribution in [2.45, 2.75) is 64.2 Å². The normalized spacial score (nSPS) is 26.5. The van der Waals surface area contributed by atoms with Crippen molar-refractivity contribution in [3.8, 4) is 0 Å². The summed E-state index contributed by atoms with van der Waals surface area (Å²) in [4.78, 5) is 14.8. The van der Waals surface area contributed by atoms with Crippen molar-refractivity contribution in [2.24, 2.45) is 5.92 Å². The Morgan fingerprint density at radius 2 is 2.00 bits per heavy atom. The Bertz CT molecular complexity index is 767. The van der Waals surface area contributed by atoms with Crippen LogP contribution in [0.3, 0.4) is 0 Å². The molecule has 4 rings (SSSR count). The van der Waals surface area contributed by atoms with Gasteiger partial charge in [-0.1, -0.05) is 19.3 Å². The molecule has 7 nitrogen and oxygen atoms in total. The van der Waals surface area contributed by atoms with E-state index in [2.05, 4.69) is 26.1 Å². The number of hydrogen-bond donors (Lipinski definition) is 1. The van der Waals surface area contributed by atoms with Gasteiger partial charge in [0.15, 0.2) is 9.84 Å². The van der Waals surface area contributed by atoms with Gasteiger partial charge in [-0.3, -0.25) is 14.4 Å². The average molecular weight is 381 g/mol. The van der Waals surface area contributed by atoms with Gasteiger partial charge in [-0.05, 0) is 25.3 Å². The molecule has 1 N–H and O–H groups in total. The topological polar surface area (TPSA) is 84.3 Å². The number of carbonyl (C=O) groups is 1. The second-order valence-electron chi connectivity index (χ2n) is 7.93. The fraction of sp³-hybridized carbons (Fsp3) is 0.778. The van der Waals surface area contributed by atoms with E-state index >= 15 is 0 Å². The zero-order valence-electron chi connectivity index (χ0n) is 15.2. The first-order valence-corrected chi connectivity index (χ1v) is 11.6. The second-order valence-corrected chi connectivity index (χ2v) is 10.2. The molecule has 1 saturated carbocycles. The highest BCUT2D eigenvalue weighted by atomic mass is 32.2. The molecule has 2 aliphatic heterocycles. The van der Waals surface area contributed by atoms with Gasteiger partial charge >= 0.3 is 0 Å². The minimum atomic E-state index is -3.03. The van der Waals surface area contributed by atoms with Crippen LogP contribution in [0, 0.1) is 5.92 Å². The quantitative estimate of drug-likeness (QED) is 0.845. The standard InChI is InChI=1S/C18H28N4O3S/c23-18(14-6-9-26(24,25)13-14)19-11-15-10-17-12-21(7-8-22(17)20-15)16-4-2-1-3-5-16/h10,14,16H,1-9,11-13H2,(H,19,23)/t14-/m1/s1. The summed E-state index contributed by atoms with van der Waals surface area (Å²) >= 11 is 0. The van der Waals surface area contributed by atoms with Crippen LogP contribution in [0.4, 0.5) is 0 Å². The molecule has 144 valence electrons. The van der Waals surface area contributed by atoms with E-state index in [4.69, 9.17) is 0 Å². The summed E-state index contributed by atoms with van der Waals surface area (Å²) in [5, 5.41) is 7.48. The molecule has 1 aliphatic carbocycles. The highest BCUT2D eigenvalue weighted by molar-refractivity contribution is 7.91. The van der Waals surface area contributed by atoms with E-state index in [0.29, 0.717) is 19.0 Å². The predicted octanol–water partition coefficient (Wildman–Crippen LogP) is 1.08. The number of fused-ring (bicyclic) bond motifs is 1. The summed E-state index contributed by atoms with van der Waals surface area (Å²) < 4.78 is 25.1. The predicted molar refractivity (Wildman–Crippen MR) is 98.1 cm³/mol. The van der Waals surface area contributed by atoms with Gasteiger partial charge in [0.2, 0.25) is 5.91 Å². The molecule has 3 aliphatic rings. The summed E-state index contributed by atoms with van der Waals surface area (Å²) in [6, 6.07) is 2.79. The van der Waals surface area contributed by atoms with Gasteiger partial charge in [0.05, 0.1) is 41.9 Å². The molecular formula is C18H28N4O3S. The first-order valence-electron chi connectivity index (χ1n) is 9.78. The molecule has 0 radical (unpaired) electrons. The fourth-order valence-corrected chi connectivity index (χ4v) is 6.26. The monoisotopic (exact) mass is 380 g/mol. The van der Waals surface area contributed by atoms with Gasteiger partial charge in [0.1, 0.15) is 0 Å². The van der Waals surface area contributed by atoms with Crippen LogP contribution in [0.25, 0.3) is 0 Å². The van der Waals surface area contributed by atoms with Crippen LogP contribution in [-0.4, -0.2) is 53.1 Å². The van der Waals surface area contributed by atoms with Gasteiger partial charge in [0, 0.05) is 19.1 Å². The van der Waals surface area contributed by atoms with Crippen LogP contribution in [0.2, 0.25) is 0 Å². The Hall–Kier alpha value is -1.41. The zero-order chi connectivity index (χ0) is 18.1. The smallest absolute Gasteiger partial charge is 0.224 e. The largest absolute Gasteiger partial charge is 0.350 e. The molecule has 8 heteroatoms. The Morgan fingerprint density at radius 3 is 2.73 bits per heavy atom. The molecule has 3 heterocycles. The van der Waals surface area contributed by atoms with Crippen LogP contribution in [0.15, 0.2) is 6.07 Å². The SMILES string of the molecule is O=C(NCc1cc2n(n1)CCN(C1CCCCC1)C2)[C@@H]1CCS(=O)(=O)C1. The minimum Gasteiger partial charge on any atom is -0.350 e. The van der Waals surface area contributed by atoms with Crippen molar-refractivity contribution < 1.29 is 13.2 Å². The van der Waals surface area contributed by atoms with Gasteiger partial charge in [-0.2, -0.15) is 5.10 Å². The van der Waals surface area contributed by atoms with Crippen molar-refractivity contribution in [3.05, 3.63) is 17.5 Å². The summed E-state index contributed by atoms with van der Waals surface area (Å²) in [7, 11) is -3.03. The third kappa shape index (κ3) is 3.96. The summed E-state index contributed by atoms with van der Waals surface area (Å²) in [5.74, 6) is -0.463. The van der Waals surface area contributed by atoms with Crippen molar-refractivity contribution in [3.63, 3.8) is 0 Å². The number of nitrogens with one attached hydrogen (secondary N) is 1. The van der Waals surface area contributed by atoms with Gasteiger partial charge in [0.25, 0.3) is 0 Å². The third-order valence-electron chi connectivity index (χ3n) is 6.02. The lowest BCUT2D eigenvalue weighted by Crippen LogP contribution is -2.42. The Kier molecular flexibility index (Phi) is 5.05. The molecule has 1 saturated heterocycles. The van der Waals surface area contributed by atoms with Crippen molar-refractivity contribution in [1.29, 1.82) is 0 Å². The molecule has 1 aromatic heterocycles. The lowest BCUT2D eigenvalue weighted by atomic mass is 9.94. The molecule has 1 amide bonds. The molecule has 0 aromatic carbocycles. The van der Waals surface area contributed by atoms with E-state index in [9.17, 15) is 13.2 Å². The number of aromatic nitrogens is 2. The molecule has 0 bridgehead atoms. The number of sulfone groups is 1. The summed E-state index contributed by atoms with van der Waals surface area (Å²) in [6.45, 7) is 3.26. The fourth-order valence-electron chi connectivity index (χ4n) is 4.51. The number of amides is 1. The van der Waals surface area contributed by atoms with Gasteiger partial charge in [-0.25, -0.2) is 8.42 Å². The van der Waals surface area contributed by atoms with E-state index < -0.39 is 15.8 Å². The number of rotatable bonds is 4. The van der Waals surface area contributed by atoms with Crippen LogP contribution in [-0.2, 0) is 34.3 Å². The number of carbonyl (C=O) groups excluding carboxylic acids is 1. The number of hydrogen-bond acceptors (Lipinski definition) is 5. The molecule has 0 unspecified atom stereocenters. The summed E-state index contributed by atoms with van der Waals surface area (Å²) in [6.07, 6.45) is 7.10. The van der Waals surface area contributed by atoms with E-state index in [0.717, 1.165) is 25.3 Å². The minimum absolute atomic E-state index is 0.0190. The Balaban J connectivity index is 1.32. The molecular weight excluding hydrogens is 352 g/mol. The lowest BCUT2D eigenvalue weighted by molar-refractivity contribution is -0.124. The highest BCUT2D eigenvalue weighted by Gasteiger charge is 2.33. The maximum atomic E-state index is 12.2. The van der Waals surface area contributed by atoms with E-state index in [-0.39, 0.29) is 17.4 Å². The maximum Gasteiger partial charge on any atom is 0.224 e. The van der Waals surface area contributed by atoms with E-state index in [1.54, 1.807) is 0 Å². The first kappa shape index (κ1) is 18.0. The van der Waals surface area contributed by atoms with Crippen LogP contribution in [0.1, 0.15) is 49.9 Å². The van der Waals surface area contributed by atoms with Crippen LogP contribution in [0.5, 0.6) is 0 Å². The first-order chi connectivity index (χ1) is 12.5. The average Bonchev–Trinajstić information content (AvgIpc) is 3.22. The van der Waals surface area contributed by atoms with Crippen molar-refractivity contribution in [2.75, 3.05) is 18.1 Å². The number of nitrogens with zero attached hydrogens (tertiary/aromatic N) is 3.